The second kappa shape index (κ2) is 6.53. The first-order chi connectivity index (χ1) is 9.56. The van der Waals surface area contributed by atoms with Crippen LogP contribution >= 0.6 is 0 Å². The second-order valence-electron chi connectivity index (χ2n) is 5.21. The average Bonchev–Trinajstić information content (AvgIpc) is 2.45. The Morgan fingerprint density at radius 2 is 1.85 bits per heavy atom. The first-order valence-corrected chi connectivity index (χ1v) is 6.85. The molecule has 0 bridgehead atoms. The van der Waals surface area contributed by atoms with Crippen LogP contribution in [0.25, 0.3) is 0 Å². The quantitative estimate of drug-likeness (QED) is 0.900. The van der Waals surface area contributed by atoms with Crippen molar-refractivity contribution in [1.82, 2.24) is 0 Å². The van der Waals surface area contributed by atoms with Gasteiger partial charge in [0.2, 0.25) is 0 Å². The summed E-state index contributed by atoms with van der Waals surface area (Å²) < 4.78 is 12.9. The molecule has 106 valence electrons. The SMILES string of the molecule is Cc1cccc(N(C)CCC(N)c2ccc(F)cc2)c1. The first-order valence-electron chi connectivity index (χ1n) is 6.85. The Kier molecular flexibility index (Phi) is 4.74. The summed E-state index contributed by atoms with van der Waals surface area (Å²) in [4.78, 5) is 2.19. The molecule has 20 heavy (non-hydrogen) atoms. The minimum absolute atomic E-state index is 0.0668. The third-order valence-corrected chi connectivity index (χ3v) is 3.52. The van der Waals surface area contributed by atoms with Gasteiger partial charge >= 0.3 is 0 Å². The van der Waals surface area contributed by atoms with E-state index in [1.807, 2.05) is 0 Å². The van der Waals surface area contributed by atoms with Crippen LogP contribution in [0.15, 0.2) is 48.5 Å². The van der Waals surface area contributed by atoms with Crippen molar-refractivity contribution in [1.29, 1.82) is 0 Å². The molecule has 1 unspecified atom stereocenters. The summed E-state index contributed by atoms with van der Waals surface area (Å²) >= 11 is 0. The number of benzene rings is 2. The molecule has 0 amide bonds. The van der Waals surface area contributed by atoms with Gasteiger partial charge in [0.1, 0.15) is 5.82 Å². The van der Waals surface area contributed by atoms with Gasteiger partial charge in [-0.05, 0) is 48.7 Å². The van der Waals surface area contributed by atoms with Crippen molar-refractivity contribution >= 4 is 5.69 Å². The van der Waals surface area contributed by atoms with Gasteiger partial charge < -0.3 is 10.6 Å². The number of hydrogen-bond acceptors (Lipinski definition) is 2. The lowest BCUT2D eigenvalue weighted by Gasteiger charge is -2.22. The summed E-state index contributed by atoms with van der Waals surface area (Å²) in [6.07, 6.45) is 0.829. The fourth-order valence-corrected chi connectivity index (χ4v) is 2.20. The Morgan fingerprint density at radius 1 is 1.15 bits per heavy atom. The van der Waals surface area contributed by atoms with Gasteiger partial charge in [0.05, 0.1) is 0 Å². The van der Waals surface area contributed by atoms with Gasteiger partial charge in [-0.15, -0.1) is 0 Å². The largest absolute Gasteiger partial charge is 0.375 e. The lowest BCUT2D eigenvalue weighted by molar-refractivity contribution is 0.618. The molecule has 0 saturated heterocycles. The van der Waals surface area contributed by atoms with E-state index in [4.69, 9.17) is 5.73 Å². The Hall–Kier alpha value is -1.87. The molecule has 3 heteroatoms. The average molecular weight is 272 g/mol. The molecule has 0 aliphatic rings. The van der Waals surface area contributed by atoms with Gasteiger partial charge in [-0.2, -0.15) is 0 Å². The number of aryl methyl sites for hydroxylation is 1. The molecule has 0 radical (unpaired) electrons. The zero-order chi connectivity index (χ0) is 14.5. The zero-order valence-corrected chi connectivity index (χ0v) is 12.0. The van der Waals surface area contributed by atoms with E-state index in [1.54, 1.807) is 12.1 Å². The van der Waals surface area contributed by atoms with E-state index >= 15 is 0 Å². The monoisotopic (exact) mass is 272 g/mol. The molecule has 0 spiro atoms. The lowest BCUT2D eigenvalue weighted by atomic mass is 10.0. The van der Waals surface area contributed by atoms with Crippen molar-refractivity contribution in [3.8, 4) is 0 Å². The molecule has 0 aliphatic carbocycles. The Morgan fingerprint density at radius 3 is 2.50 bits per heavy atom. The highest BCUT2D eigenvalue weighted by atomic mass is 19.1. The molecule has 2 aromatic carbocycles. The molecule has 2 aromatic rings. The van der Waals surface area contributed by atoms with Crippen LogP contribution in [-0.4, -0.2) is 13.6 Å². The molecule has 2 N–H and O–H groups in total. The zero-order valence-electron chi connectivity index (χ0n) is 12.0. The van der Waals surface area contributed by atoms with Gasteiger partial charge in [-0.25, -0.2) is 4.39 Å². The summed E-state index contributed by atoms with van der Waals surface area (Å²) in [5.74, 6) is -0.224. The van der Waals surface area contributed by atoms with Gasteiger partial charge in [0, 0.05) is 25.3 Å². The molecule has 1 atom stereocenters. The van der Waals surface area contributed by atoms with Crippen LogP contribution in [0.3, 0.4) is 0 Å². The highest BCUT2D eigenvalue weighted by Gasteiger charge is 2.08. The number of halogens is 1. The fourth-order valence-electron chi connectivity index (χ4n) is 2.20. The predicted molar refractivity (Wildman–Crippen MR) is 82.4 cm³/mol. The third kappa shape index (κ3) is 3.81. The van der Waals surface area contributed by atoms with Crippen molar-refractivity contribution in [2.75, 3.05) is 18.5 Å². The predicted octanol–water partition coefficient (Wildman–Crippen LogP) is 3.66. The molecule has 2 nitrogen and oxygen atoms in total. The highest BCUT2D eigenvalue weighted by Crippen LogP contribution is 2.18. The van der Waals surface area contributed by atoms with E-state index in [9.17, 15) is 4.39 Å². The van der Waals surface area contributed by atoms with Crippen molar-refractivity contribution in [2.45, 2.75) is 19.4 Å². The molecule has 0 fully saturated rings. The smallest absolute Gasteiger partial charge is 0.123 e. The lowest BCUT2D eigenvalue weighted by Crippen LogP contribution is -2.23. The second-order valence-corrected chi connectivity index (χ2v) is 5.21. The maximum absolute atomic E-state index is 12.9. The van der Waals surface area contributed by atoms with E-state index < -0.39 is 0 Å². The third-order valence-electron chi connectivity index (χ3n) is 3.52. The van der Waals surface area contributed by atoms with E-state index in [1.165, 1.54) is 23.4 Å². The Labute approximate surface area is 120 Å². The van der Waals surface area contributed by atoms with Crippen LogP contribution in [0, 0.1) is 12.7 Å². The normalized spacial score (nSPS) is 12.2. The van der Waals surface area contributed by atoms with Crippen LogP contribution in [-0.2, 0) is 0 Å². The minimum atomic E-state index is -0.224. The fraction of sp³-hybridized carbons (Fsp3) is 0.294. The van der Waals surface area contributed by atoms with Crippen LogP contribution in [0.4, 0.5) is 10.1 Å². The maximum atomic E-state index is 12.9. The van der Waals surface area contributed by atoms with Crippen molar-refractivity contribution in [2.24, 2.45) is 5.73 Å². The molecule has 0 aliphatic heterocycles. The van der Waals surface area contributed by atoms with E-state index in [0.29, 0.717) is 0 Å². The molecule has 0 heterocycles. The molecule has 0 aromatic heterocycles. The summed E-state index contributed by atoms with van der Waals surface area (Å²) in [5.41, 5.74) is 9.57. The summed E-state index contributed by atoms with van der Waals surface area (Å²) in [5, 5.41) is 0. The van der Waals surface area contributed by atoms with Crippen molar-refractivity contribution in [3.05, 3.63) is 65.5 Å². The summed E-state index contributed by atoms with van der Waals surface area (Å²) in [6, 6.07) is 14.8. The molecule has 0 saturated carbocycles. The van der Waals surface area contributed by atoms with Crippen LogP contribution < -0.4 is 10.6 Å². The number of nitrogens with zero attached hydrogens (tertiary/aromatic N) is 1. The van der Waals surface area contributed by atoms with E-state index in [-0.39, 0.29) is 11.9 Å². The number of nitrogens with two attached hydrogens (primary N) is 1. The Bertz CT molecular complexity index is 551. The number of hydrogen-bond donors (Lipinski definition) is 1. The molecular formula is C17H21FN2. The summed E-state index contributed by atoms with van der Waals surface area (Å²) in [7, 11) is 2.06. The first kappa shape index (κ1) is 14.5. The van der Waals surface area contributed by atoms with Crippen molar-refractivity contribution < 1.29 is 4.39 Å². The van der Waals surface area contributed by atoms with Gasteiger partial charge in [-0.3, -0.25) is 0 Å². The standard InChI is InChI=1S/C17H21FN2/c1-13-4-3-5-16(12-13)20(2)11-10-17(19)14-6-8-15(18)9-7-14/h3-9,12,17H,10-11,19H2,1-2H3. The Balaban J connectivity index is 1.93. The van der Waals surface area contributed by atoms with E-state index in [2.05, 4.69) is 43.1 Å². The summed E-state index contributed by atoms with van der Waals surface area (Å²) in [6.45, 7) is 2.95. The maximum Gasteiger partial charge on any atom is 0.123 e. The van der Waals surface area contributed by atoms with Gasteiger partial charge in [0.25, 0.3) is 0 Å². The minimum Gasteiger partial charge on any atom is -0.375 e. The topological polar surface area (TPSA) is 29.3 Å². The van der Waals surface area contributed by atoms with Crippen LogP contribution in [0.1, 0.15) is 23.6 Å². The van der Waals surface area contributed by atoms with Crippen molar-refractivity contribution in [3.63, 3.8) is 0 Å². The number of rotatable bonds is 5. The highest BCUT2D eigenvalue weighted by molar-refractivity contribution is 5.47. The molecular weight excluding hydrogens is 251 g/mol. The van der Waals surface area contributed by atoms with Crippen LogP contribution in [0.2, 0.25) is 0 Å². The van der Waals surface area contributed by atoms with Gasteiger partial charge in [0.15, 0.2) is 0 Å². The van der Waals surface area contributed by atoms with E-state index in [0.717, 1.165) is 18.5 Å². The molecule has 2 rings (SSSR count). The van der Waals surface area contributed by atoms with Gasteiger partial charge in [-0.1, -0.05) is 24.3 Å². The van der Waals surface area contributed by atoms with Crippen LogP contribution in [0.5, 0.6) is 0 Å². The number of anilines is 1.